The number of carbonyl (C=O) groups is 2. The summed E-state index contributed by atoms with van der Waals surface area (Å²) < 4.78 is 31.0. The van der Waals surface area contributed by atoms with Crippen LogP contribution in [0.1, 0.15) is 21.5 Å². The number of nitrogens with one attached hydrogen (secondary N) is 1. The van der Waals surface area contributed by atoms with Gasteiger partial charge in [0.05, 0.1) is 18.8 Å². The number of fused-ring (bicyclic) bond motifs is 1. The molecule has 2 aliphatic heterocycles. The van der Waals surface area contributed by atoms with Crippen LogP contribution in [0.3, 0.4) is 0 Å². The van der Waals surface area contributed by atoms with Crippen LogP contribution in [0.4, 0.5) is 0 Å². The van der Waals surface area contributed by atoms with Crippen molar-refractivity contribution in [2.45, 2.75) is 18.0 Å². The summed E-state index contributed by atoms with van der Waals surface area (Å²) in [6.07, 6.45) is 0. The van der Waals surface area contributed by atoms with E-state index in [4.69, 9.17) is 4.74 Å². The summed E-state index contributed by atoms with van der Waals surface area (Å²) in [4.78, 5) is 26.9. The molecule has 9 heteroatoms. The van der Waals surface area contributed by atoms with Gasteiger partial charge in [-0.1, -0.05) is 36.4 Å². The van der Waals surface area contributed by atoms with Crippen molar-refractivity contribution in [2.75, 3.05) is 32.8 Å². The van der Waals surface area contributed by atoms with E-state index in [1.54, 1.807) is 12.1 Å². The fraction of sp³-hybridized carbons (Fsp3) is 0.333. The highest BCUT2D eigenvalue weighted by Gasteiger charge is 2.41. The van der Waals surface area contributed by atoms with Gasteiger partial charge in [0, 0.05) is 26.2 Å². The predicted molar refractivity (Wildman–Crippen MR) is 109 cm³/mol. The normalized spacial score (nSPS) is 18.3. The number of ether oxygens (including phenoxy) is 1. The third kappa shape index (κ3) is 4.23. The minimum atomic E-state index is -3.98. The van der Waals surface area contributed by atoms with E-state index in [0.717, 1.165) is 38.4 Å². The molecule has 30 heavy (non-hydrogen) atoms. The van der Waals surface area contributed by atoms with Crippen LogP contribution in [0, 0.1) is 0 Å². The van der Waals surface area contributed by atoms with Gasteiger partial charge in [-0.15, -0.1) is 0 Å². The van der Waals surface area contributed by atoms with E-state index in [2.05, 4.69) is 10.2 Å². The summed E-state index contributed by atoms with van der Waals surface area (Å²) in [6, 6.07) is 13.9. The molecule has 2 heterocycles. The third-order valence-electron chi connectivity index (χ3n) is 5.22. The first-order valence-corrected chi connectivity index (χ1v) is 11.2. The molecule has 0 bridgehead atoms. The molecular weight excluding hydrogens is 406 g/mol. The highest BCUT2D eigenvalue weighted by atomic mass is 32.2. The molecule has 0 atom stereocenters. The lowest BCUT2D eigenvalue weighted by Crippen LogP contribution is -2.40. The monoisotopic (exact) mass is 429 g/mol. The van der Waals surface area contributed by atoms with Gasteiger partial charge in [0.1, 0.15) is 11.4 Å². The third-order valence-corrected chi connectivity index (χ3v) is 7.01. The molecule has 158 valence electrons. The minimum Gasteiger partial charge on any atom is -0.379 e. The molecule has 0 aromatic heterocycles. The van der Waals surface area contributed by atoms with Crippen LogP contribution in [-0.4, -0.2) is 62.3 Å². The van der Waals surface area contributed by atoms with E-state index in [-0.39, 0.29) is 17.0 Å². The molecule has 4 rings (SSSR count). The molecular formula is C21H23N3O5S. The van der Waals surface area contributed by atoms with Crippen LogP contribution in [-0.2, 0) is 32.6 Å². The molecule has 1 saturated heterocycles. The maximum atomic E-state index is 12.5. The van der Waals surface area contributed by atoms with Crippen molar-refractivity contribution < 1.29 is 22.7 Å². The number of morpholine rings is 1. The second-order valence-electron chi connectivity index (χ2n) is 7.29. The topological polar surface area (TPSA) is 96.0 Å². The predicted octanol–water partition coefficient (Wildman–Crippen LogP) is 0.980. The van der Waals surface area contributed by atoms with Gasteiger partial charge in [-0.3, -0.25) is 14.5 Å². The summed E-state index contributed by atoms with van der Waals surface area (Å²) >= 11 is 0. The lowest BCUT2D eigenvalue weighted by atomic mass is 10.1. The van der Waals surface area contributed by atoms with E-state index >= 15 is 0 Å². The van der Waals surface area contributed by atoms with Crippen molar-refractivity contribution in [3.8, 4) is 0 Å². The van der Waals surface area contributed by atoms with E-state index < -0.39 is 28.4 Å². The maximum absolute atomic E-state index is 12.5. The molecule has 0 radical (unpaired) electrons. The van der Waals surface area contributed by atoms with Crippen LogP contribution >= 0.6 is 0 Å². The molecule has 2 aromatic carbocycles. The Morgan fingerprint density at radius 3 is 2.37 bits per heavy atom. The van der Waals surface area contributed by atoms with Crippen LogP contribution in [0.15, 0.2) is 53.4 Å². The average Bonchev–Trinajstić information content (AvgIpc) is 2.95. The Labute approximate surface area is 175 Å². The maximum Gasteiger partial charge on any atom is 0.269 e. The summed E-state index contributed by atoms with van der Waals surface area (Å²) in [6.45, 7) is 3.91. The van der Waals surface area contributed by atoms with Gasteiger partial charge >= 0.3 is 0 Å². The molecule has 0 aliphatic carbocycles. The average molecular weight is 429 g/mol. The second kappa shape index (κ2) is 8.55. The second-order valence-corrected chi connectivity index (χ2v) is 9.13. The first-order valence-electron chi connectivity index (χ1n) is 9.76. The van der Waals surface area contributed by atoms with Crippen LogP contribution in [0.5, 0.6) is 0 Å². The first kappa shape index (κ1) is 20.5. The van der Waals surface area contributed by atoms with Gasteiger partial charge in [-0.25, -0.2) is 12.7 Å². The molecule has 2 aromatic rings. The molecule has 1 N–H and O–H groups in total. The number of amides is 2. The Morgan fingerprint density at radius 2 is 1.67 bits per heavy atom. The number of hydrogen-bond acceptors (Lipinski definition) is 6. The Kier molecular flexibility index (Phi) is 5.85. The van der Waals surface area contributed by atoms with Crippen molar-refractivity contribution in [2.24, 2.45) is 0 Å². The first-order chi connectivity index (χ1) is 14.4. The molecule has 0 saturated carbocycles. The molecule has 2 aliphatic rings. The largest absolute Gasteiger partial charge is 0.379 e. The highest BCUT2D eigenvalue weighted by molar-refractivity contribution is 7.90. The Bertz CT molecular complexity index is 1050. The van der Waals surface area contributed by atoms with Crippen LogP contribution in [0.2, 0.25) is 0 Å². The molecule has 8 nitrogen and oxygen atoms in total. The number of carbonyl (C=O) groups excluding carboxylic acids is 2. The van der Waals surface area contributed by atoms with E-state index in [1.807, 2.05) is 24.3 Å². The van der Waals surface area contributed by atoms with Gasteiger partial charge in [0.2, 0.25) is 5.91 Å². The van der Waals surface area contributed by atoms with E-state index in [9.17, 15) is 18.0 Å². The van der Waals surface area contributed by atoms with Gasteiger partial charge in [0.25, 0.3) is 15.9 Å². The van der Waals surface area contributed by atoms with E-state index in [1.165, 1.54) is 17.7 Å². The number of nitrogens with zero attached hydrogens (tertiary/aromatic N) is 2. The zero-order valence-electron chi connectivity index (χ0n) is 16.4. The highest BCUT2D eigenvalue weighted by Crippen LogP contribution is 2.29. The quantitative estimate of drug-likeness (QED) is 0.736. The SMILES string of the molecule is O=C(CN1C(=O)c2ccccc2S1(=O)=O)NCc1ccc(CN2CCOCC2)cc1. The standard InChI is InChI=1S/C21H23N3O5S/c25-20(15-24-21(26)18-3-1-2-4-19(18)30(24,27)28)22-13-16-5-7-17(8-6-16)14-23-9-11-29-12-10-23/h1-8H,9-15H2,(H,22,25). The Balaban J connectivity index is 1.31. The number of rotatable bonds is 6. The van der Waals surface area contributed by atoms with Gasteiger partial charge < -0.3 is 10.1 Å². The lowest BCUT2D eigenvalue weighted by Gasteiger charge is -2.26. The van der Waals surface area contributed by atoms with E-state index in [0.29, 0.717) is 4.31 Å². The number of benzene rings is 2. The summed E-state index contributed by atoms with van der Waals surface area (Å²) in [5.74, 6) is -1.20. The van der Waals surface area contributed by atoms with Crippen molar-refractivity contribution in [3.05, 3.63) is 65.2 Å². The molecule has 0 unspecified atom stereocenters. The summed E-state index contributed by atoms with van der Waals surface area (Å²) in [7, 11) is -3.98. The van der Waals surface area contributed by atoms with Gasteiger partial charge in [-0.2, -0.15) is 0 Å². The van der Waals surface area contributed by atoms with Crippen LogP contribution in [0.25, 0.3) is 0 Å². The van der Waals surface area contributed by atoms with Crippen molar-refractivity contribution >= 4 is 21.8 Å². The zero-order chi connectivity index (χ0) is 21.1. The van der Waals surface area contributed by atoms with Crippen LogP contribution < -0.4 is 5.32 Å². The zero-order valence-corrected chi connectivity index (χ0v) is 17.2. The fourth-order valence-electron chi connectivity index (χ4n) is 3.55. The summed E-state index contributed by atoms with van der Waals surface area (Å²) in [5, 5.41) is 2.69. The Morgan fingerprint density at radius 1 is 1.00 bits per heavy atom. The van der Waals surface area contributed by atoms with Crippen molar-refractivity contribution in [3.63, 3.8) is 0 Å². The molecule has 2 amide bonds. The molecule has 1 fully saturated rings. The lowest BCUT2D eigenvalue weighted by molar-refractivity contribution is -0.121. The van der Waals surface area contributed by atoms with Gasteiger partial charge in [0.15, 0.2) is 0 Å². The fourth-order valence-corrected chi connectivity index (χ4v) is 5.08. The van der Waals surface area contributed by atoms with Crippen molar-refractivity contribution in [1.82, 2.24) is 14.5 Å². The van der Waals surface area contributed by atoms with Crippen molar-refractivity contribution in [1.29, 1.82) is 0 Å². The number of hydrogen-bond donors (Lipinski definition) is 1. The minimum absolute atomic E-state index is 0.0568. The Hall–Kier alpha value is -2.75. The summed E-state index contributed by atoms with van der Waals surface area (Å²) in [5.41, 5.74) is 2.17. The smallest absolute Gasteiger partial charge is 0.269 e. The molecule has 0 spiro atoms. The van der Waals surface area contributed by atoms with Gasteiger partial charge in [-0.05, 0) is 23.3 Å². The number of sulfonamides is 1.